The summed E-state index contributed by atoms with van der Waals surface area (Å²) in [4.78, 5) is 0. The lowest BCUT2D eigenvalue weighted by Gasteiger charge is -2.17. The molecule has 0 saturated carbocycles. The SMILES string of the molecule is C=CCC(N)(O)CN. The highest BCUT2D eigenvalue weighted by atomic mass is 16.3. The highest BCUT2D eigenvalue weighted by Crippen LogP contribution is 1.97. The maximum absolute atomic E-state index is 8.90. The molecule has 48 valence electrons. The molecule has 8 heavy (non-hydrogen) atoms. The van der Waals surface area contributed by atoms with Gasteiger partial charge in [0.25, 0.3) is 0 Å². The van der Waals surface area contributed by atoms with Crippen LogP contribution in [0.3, 0.4) is 0 Å². The molecule has 0 rings (SSSR count). The summed E-state index contributed by atoms with van der Waals surface area (Å²) in [5, 5.41) is 8.90. The number of nitrogens with two attached hydrogens (primary N) is 2. The van der Waals surface area contributed by atoms with E-state index in [0.717, 1.165) is 0 Å². The van der Waals surface area contributed by atoms with E-state index < -0.39 is 5.72 Å². The minimum absolute atomic E-state index is 0.0685. The summed E-state index contributed by atoms with van der Waals surface area (Å²) in [5.74, 6) is 0. The fourth-order valence-corrected chi connectivity index (χ4v) is 0.333. The summed E-state index contributed by atoms with van der Waals surface area (Å²) >= 11 is 0. The van der Waals surface area contributed by atoms with Crippen molar-refractivity contribution in [1.29, 1.82) is 0 Å². The molecule has 5 N–H and O–H groups in total. The molecule has 0 spiro atoms. The van der Waals surface area contributed by atoms with Gasteiger partial charge in [-0.3, -0.25) is 0 Å². The Morgan fingerprint density at radius 1 is 1.75 bits per heavy atom. The van der Waals surface area contributed by atoms with Crippen LogP contribution in [-0.4, -0.2) is 17.4 Å². The summed E-state index contributed by atoms with van der Waals surface area (Å²) in [6, 6.07) is 0. The summed E-state index contributed by atoms with van der Waals surface area (Å²) in [7, 11) is 0. The van der Waals surface area contributed by atoms with E-state index >= 15 is 0 Å². The number of aliphatic hydroxyl groups is 1. The van der Waals surface area contributed by atoms with Crippen molar-refractivity contribution < 1.29 is 5.11 Å². The lowest BCUT2D eigenvalue weighted by atomic mass is 10.1. The van der Waals surface area contributed by atoms with Gasteiger partial charge in [0.2, 0.25) is 0 Å². The van der Waals surface area contributed by atoms with Gasteiger partial charge in [-0.1, -0.05) is 6.08 Å². The van der Waals surface area contributed by atoms with Crippen LogP contribution in [0, 0.1) is 0 Å². The van der Waals surface area contributed by atoms with Crippen LogP contribution in [0.5, 0.6) is 0 Å². The molecule has 0 aromatic carbocycles. The van der Waals surface area contributed by atoms with Crippen LogP contribution in [0.1, 0.15) is 6.42 Å². The molecule has 0 amide bonds. The van der Waals surface area contributed by atoms with Crippen molar-refractivity contribution in [2.24, 2.45) is 11.5 Å². The van der Waals surface area contributed by atoms with Crippen molar-refractivity contribution in [3.63, 3.8) is 0 Å². The molecule has 1 unspecified atom stereocenters. The Balaban J connectivity index is 3.53. The second kappa shape index (κ2) is 2.81. The van der Waals surface area contributed by atoms with Gasteiger partial charge in [-0.2, -0.15) is 0 Å². The average molecular weight is 116 g/mol. The Labute approximate surface area is 49.0 Å². The van der Waals surface area contributed by atoms with Crippen molar-refractivity contribution >= 4 is 0 Å². The first-order valence-corrected chi connectivity index (χ1v) is 2.44. The van der Waals surface area contributed by atoms with E-state index in [9.17, 15) is 0 Å². The van der Waals surface area contributed by atoms with E-state index in [1.54, 1.807) is 0 Å². The molecule has 0 heterocycles. The molecule has 0 fully saturated rings. The van der Waals surface area contributed by atoms with Crippen LogP contribution >= 0.6 is 0 Å². The van der Waals surface area contributed by atoms with E-state index in [2.05, 4.69) is 6.58 Å². The van der Waals surface area contributed by atoms with E-state index in [1.807, 2.05) is 0 Å². The molecule has 0 aliphatic heterocycles. The summed E-state index contributed by atoms with van der Waals surface area (Å²) in [6.45, 7) is 3.47. The van der Waals surface area contributed by atoms with Gasteiger partial charge >= 0.3 is 0 Å². The quantitative estimate of drug-likeness (QED) is 0.333. The molecule has 0 bridgehead atoms. The van der Waals surface area contributed by atoms with E-state index in [1.165, 1.54) is 6.08 Å². The van der Waals surface area contributed by atoms with Crippen molar-refractivity contribution in [2.45, 2.75) is 12.1 Å². The van der Waals surface area contributed by atoms with Gasteiger partial charge in [0.1, 0.15) is 5.72 Å². The Kier molecular flexibility index (Phi) is 2.68. The first-order chi connectivity index (χ1) is 3.62. The largest absolute Gasteiger partial charge is 0.374 e. The minimum Gasteiger partial charge on any atom is -0.374 e. The molecule has 3 heteroatoms. The Bertz CT molecular complexity index is 80.5. The smallest absolute Gasteiger partial charge is 0.129 e. The first-order valence-electron chi connectivity index (χ1n) is 2.44. The third kappa shape index (κ3) is 2.74. The van der Waals surface area contributed by atoms with Crippen LogP contribution < -0.4 is 11.5 Å². The van der Waals surface area contributed by atoms with Gasteiger partial charge in [0, 0.05) is 13.0 Å². The summed E-state index contributed by atoms with van der Waals surface area (Å²) in [5.41, 5.74) is 9.01. The molecule has 0 aromatic heterocycles. The van der Waals surface area contributed by atoms with Crippen LogP contribution in [0.2, 0.25) is 0 Å². The third-order valence-electron chi connectivity index (χ3n) is 0.851. The third-order valence-corrected chi connectivity index (χ3v) is 0.851. The second-order valence-corrected chi connectivity index (χ2v) is 1.80. The molecule has 0 aliphatic carbocycles. The molecule has 3 nitrogen and oxygen atoms in total. The molecule has 0 aliphatic rings. The maximum Gasteiger partial charge on any atom is 0.129 e. The Morgan fingerprint density at radius 2 is 2.25 bits per heavy atom. The van der Waals surface area contributed by atoms with Crippen molar-refractivity contribution in [2.75, 3.05) is 6.54 Å². The fraction of sp³-hybridized carbons (Fsp3) is 0.600. The number of hydrogen-bond acceptors (Lipinski definition) is 3. The topological polar surface area (TPSA) is 72.3 Å². The first kappa shape index (κ1) is 7.62. The average Bonchev–Trinajstić information content (AvgIpc) is 1.67. The van der Waals surface area contributed by atoms with Gasteiger partial charge in [0.05, 0.1) is 0 Å². The van der Waals surface area contributed by atoms with Crippen molar-refractivity contribution in [3.8, 4) is 0 Å². The summed E-state index contributed by atoms with van der Waals surface area (Å²) in [6.07, 6.45) is 1.87. The lowest BCUT2D eigenvalue weighted by Crippen LogP contribution is -2.46. The van der Waals surface area contributed by atoms with Gasteiger partial charge in [0.15, 0.2) is 0 Å². The van der Waals surface area contributed by atoms with Crippen LogP contribution in [0.4, 0.5) is 0 Å². The normalized spacial score (nSPS) is 17.4. The van der Waals surface area contributed by atoms with Crippen LogP contribution in [0.15, 0.2) is 12.7 Å². The Morgan fingerprint density at radius 3 is 2.38 bits per heavy atom. The zero-order chi connectivity index (χ0) is 6.62. The zero-order valence-electron chi connectivity index (χ0n) is 4.80. The highest BCUT2D eigenvalue weighted by molar-refractivity contribution is 4.81. The Hall–Kier alpha value is -0.380. The molecule has 0 radical (unpaired) electrons. The molecule has 1 atom stereocenters. The minimum atomic E-state index is -1.25. The number of hydrogen-bond donors (Lipinski definition) is 3. The predicted octanol–water partition coefficient (Wildman–Crippen LogP) is -0.831. The van der Waals surface area contributed by atoms with E-state index in [-0.39, 0.29) is 6.54 Å². The van der Waals surface area contributed by atoms with Gasteiger partial charge in [-0.15, -0.1) is 6.58 Å². The molecule has 0 saturated heterocycles. The van der Waals surface area contributed by atoms with Crippen molar-refractivity contribution in [1.82, 2.24) is 0 Å². The van der Waals surface area contributed by atoms with Crippen LogP contribution in [0.25, 0.3) is 0 Å². The lowest BCUT2D eigenvalue weighted by molar-refractivity contribution is 0.0594. The standard InChI is InChI=1S/C5H12N2O/c1-2-3-5(7,8)4-6/h2,8H,1,3-4,6-7H2. The molecular weight excluding hydrogens is 104 g/mol. The maximum atomic E-state index is 8.90. The summed E-state index contributed by atoms with van der Waals surface area (Å²) < 4.78 is 0. The monoisotopic (exact) mass is 116 g/mol. The highest BCUT2D eigenvalue weighted by Gasteiger charge is 2.14. The van der Waals surface area contributed by atoms with Gasteiger partial charge in [-0.05, 0) is 0 Å². The van der Waals surface area contributed by atoms with Crippen molar-refractivity contribution in [3.05, 3.63) is 12.7 Å². The number of rotatable bonds is 3. The van der Waals surface area contributed by atoms with E-state index in [0.29, 0.717) is 6.42 Å². The predicted molar refractivity (Wildman–Crippen MR) is 33.0 cm³/mol. The van der Waals surface area contributed by atoms with Gasteiger partial charge < -0.3 is 16.6 Å². The fourth-order valence-electron chi connectivity index (χ4n) is 0.333. The molecular formula is C5H12N2O. The molecule has 0 aromatic rings. The van der Waals surface area contributed by atoms with Gasteiger partial charge in [-0.25, -0.2) is 0 Å². The second-order valence-electron chi connectivity index (χ2n) is 1.80. The van der Waals surface area contributed by atoms with Crippen LogP contribution in [-0.2, 0) is 0 Å². The van der Waals surface area contributed by atoms with E-state index in [4.69, 9.17) is 16.6 Å². The zero-order valence-corrected chi connectivity index (χ0v) is 4.80.